The van der Waals surface area contributed by atoms with Crippen molar-refractivity contribution in [3.05, 3.63) is 91.6 Å². The minimum Gasteiger partial charge on any atom is -0.353 e. The molecule has 3 rings (SSSR count). The summed E-state index contributed by atoms with van der Waals surface area (Å²) in [6.07, 6.45) is 0. The van der Waals surface area contributed by atoms with Gasteiger partial charge >= 0.3 is 0 Å². The molecule has 1 aliphatic heterocycles. The topological polar surface area (TPSA) is 70.0 Å². The van der Waals surface area contributed by atoms with Gasteiger partial charge in [-0.25, -0.2) is 0 Å². The molecule has 7 heteroatoms. The average molecular weight is 457 g/mol. The van der Waals surface area contributed by atoms with Gasteiger partial charge in [-0.1, -0.05) is 59.2 Å². The van der Waals surface area contributed by atoms with Crippen LogP contribution < -0.4 is 5.32 Å². The number of allylic oxidation sites excluding steroid dienone is 3. The molecule has 0 amide bonds. The maximum atomic E-state index is 12.6. The van der Waals surface area contributed by atoms with Crippen molar-refractivity contribution in [2.24, 2.45) is 0 Å². The van der Waals surface area contributed by atoms with Gasteiger partial charge in [0.1, 0.15) is 0 Å². The molecule has 4 nitrogen and oxygen atoms in total. The highest BCUT2D eigenvalue weighted by molar-refractivity contribution is 8.03. The van der Waals surface area contributed by atoms with Crippen molar-refractivity contribution < 1.29 is 9.59 Å². The van der Waals surface area contributed by atoms with Crippen LogP contribution in [0.25, 0.3) is 0 Å². The number of carbonyl (C=O) groups is 2. The number of hydrogen-bond acceptors (Lipinski definition) is 5. The van der Waals surface area contributed by atoms with Crippen LogP contribution in [0.2, 0.25) is 10.0 Å². The fourth-order valence-electron chi connectivity index (χ4n) is 3.38. The summed E-state index contributed by atoms with van der Waals surface area (Å²) in [4.78, 5) is 25.0. The summed E-state index contributed by atoms with van der Waals surface area (Å²) >= 11 is 13.4. The third kappa shape index (κ3) is 4.62. The van der Waals surface area contributed by atoms with E-state index in [4.69, 9.17) is 23.2 Å². The Balaban J connectivity index is 1.97. The van der Waals surface area contributed by atoms with E-state index in [-0.39, 0.29) is 17.3 Å². The fourth-order valence-corrected chi connectivity index (χ4v) is 4.73. The van der Waals surface area contributed by atoms with E-state index in [1.54, 1.807) is 43.3 Å². The zero-order valence-corrected chi connectivity index (χ0v) is 18.7. The van der Waals surface area contributed by atoms with Crippen LogP contribution in [0.15, 0.2) is 70.4 Å². The first kappa shape index (κ1) is 22.2. The number of Topliss-reactive ketones (excluding diaryl/α,β-unsaturated/α-hetero) is 2. The highest BCUT2D eigenvalue weighted by atomic mass is 35.5. The van der Waals surface area contributed by atoms with Crippen LogP contribution in [-0.4, -0.2) is 17.3 Å². The third-order valence-corrected chi connectivity index (χ3v) is 6.35. The van der Waals surface area contributed by atoms with Gasteiger partial charge in [0.15, 0.2) is 11.6 Å². The summed E-state index contributed by atoms with van der Waals surface area (Å²) in [5.74, 6) is -0.681. The molecule has 0 aliphatic carbocycles. The van der Waals surface area contributed by atoms with Crippen LogP contribution in [0.5, 0.6) is 0 Å². The van der Waals surface area contributed by atoms with Crippen molar-refractivity contribution >= 4 is 46.5 Å². The van der Waals surface area contributed by atoms with Crippen LogP contribution in [0.3, 0.4) is 0 Å². The Morgan fingerprint density at radius 1 is 1.13 bits per heavy atom. The van der Waals surface area contributed by atoms with Gasteiger partial charge in [0, 0.05) is 21.9 Å². The quantitative estimate of drug-likeness (QED) is 0.548. The molecule has 0 radical (unpaired) electrons. The summed E-state index contributed by atoms with van der Waals surface area (Å²) in [6, 6.07) is 16.2. The van der Waals surface area contributed by atoms with Crippen molar-refractivity contribution in [2.75, 3.05) is 5.75 Å². The number of rotatable bonds is 6. The molecule has 1 N–H and O–H groups in total. The number of nitriles is 1. The number of dihydropyridines is 1. The molecule has 0 saturated carbocycles. The molecule has 2 aromatic carbocycles. The predicted molar refractivity (Wildman–Crippen MR) is 122 cm³/mol. The first-order valence-corrected chi connectivity index (χ1v) is 10.9. The Morgan fingerprint density at radius 3 is 2.40 bits per heavy atom. The van der Waals surface area contributed by atoms with Gasteiger partial charge in [-0.15, -0.1) is 0 Å². The van der Waals surface area contributed by atoms with E-state index in [1.807, 2.05) is 12.1 Å². The molecule has 2 aromatic rings. The molecule has 152 valence electrons. The molecule has 1 unspecified atom stereocenters. The SMILES string of the molecule is CC(=O)C1=C(C)NC(SCC(=O)c2ccccc2Cl)=C(C#N)C1c1ccc(Cl)cc1. The maximum absolute atomic E-state index is 12.6. The number of hydrogen-bond donors (Lipinski definition) is 1. The van der Waals surface area contributed by atoms with Crippen molar-refractivity contribution in [3.8, 4) is 6.07 Å². The number of halogens is 2. The maximum Gasteiger partial charge on any atom is 0.174 e. The van der Waals surface area contributed by atoms with Gasteiger partial charge in [0.2, 0.25) is 0 Å². The fraction of sp³-hybridized carbons (Fsp3) is 0.174. The lowest BCUT2D eigenvalue weighted by Gasteiger charge is -2.29. The third-order valence-electron chi connectivity index (χ3n) is 4.75. The molecule has 30 heavy (non-hydrogen) atoms. The summed E-state index contributed by atoms with van der Waals surface area (Å²) in [6.45, 7) is 3.28. The van der Waals surface area contributed by atoms with Crippen molar-refractivity contribution in [3.63, 3.8) is 0 Å². The van der Waals surface area contributed by atoms with Crippen molar-refractivity contribution in [1.29, 1.82) is 5.26 Å². The normalized spacial score (nSPS) is 16.2. The molecule has 0 aromatic heterocycles. The van der Waals surface area contributed by atoms with E-state index in [0.29, 0.717) is 37.5 Å². The van der Waals surface area contributed by atoms with Gasteiger partial charge in [-0.2, -0.15) is 5.26 Å². The number of nitrogens with zero attached hydrogens (tertiary/aromatic N) is 1. The summed E-state index contributed by atoms with van der Waals surface area (Å²) in [7, 11) is 0. The Kier molecular flexibility index (Phi) is 7.04. The predicted octanol–water partition coefficient (Wildman–Crippen LogP) is 5.89. The van der Waals surface area contributed by atoms with Crippen LogP contribution >= 0.6 is 35.0 Å². The van der Waals surface area contributed by atoms with E-state index in [2.05, 4.69) is 11.4 Å². The first-order valence-electron chi connectivity index (χ1n) is 9.12. The Morgan fingerprint density at radius 2 is 1.80 bits per heavy atom. The highest BCUT2D eigenvalue weighted by Gasteiger charge is 2.33. The number of benzene rings is 2. The lowest BCUT2D eigenvalue weighted by molar-refractivity contribution is -0.113. The lowest BCUT2D eigenvalue weighted by Crippen LogP contribution is -2.27. The van der Waals surface area contributed by atoms with Crippen LogP contribution in [0.4, 0.5) is 0 Å². The highest BCUT2D eigenvalue weighted by Crippen LogP contribution is 2.41. The van der Waals surface area contributed by atoms with E-state index in [0.717, 1.165) is 5.56 Å². The Labute approximate surface area is 189 Å². The van der Waals surface area contributed by atoms with Crippen LogP contribution in [-0.2, 0) is 4.79 Å². The number of thioether (sulfide) groups is 1. The molecule has 0 spiro atoms. The van der Waals surface area contributed by atoms with Gasteiger partial charge in [-0.3, -0.25) is 9.59 Å². The Bertz CT molecular complexity index is 1110. The largest absolute Gasteiger partial charge is 0.353 e. The Hall–Kier alpha value is -2.52. The molecule has 1 aliphatic rings. The second-order valence-corrected chi connectivity index (χ2v) is 8.58. The summed E-state index contributed by atoms with van der Waals surface area (Å²) in [5, 5.41) is 14.6. The minimum atomic E-state index is -0.524. The molecule has 0 saturated heterocycles. The second kappa shape index (κ2) is 9.53. The standard InChI is InChI=1S/C23H18Cl2N2O2S/c1-13-21(14(2)28)22(15-7-9-16(24)10-8-15)18(11-26)23(27-13)30-12-20(29)17-5-3-4-6-19(17)25/h3-10,22,27H,12H2,1-2H3. The van der Waals surface area contributed by atoms with Gasteiger partial charge in [0.25, 0.3) is 0 Å². The minimum absolute atomic E-state index is 0.104. The molecule has 1 atom stereocenters. The van der Waals surface area contributed by atoms with Gasteiger partial charge in [0.05, 0.1) is 33.4 Å². The molecule has 0 fully saturated rings. The first-order chi connectivity index (χ1) is 14.3. The van der Waals surface area contributed by atoms with Crippen molar-refractivity contribution in [2.45, 2.75) is 19.8 Å². The van der Waals surface area contributed by atoms with E-state index >= 15 is 0 Å². The van der Waals surface area contributed by atoms with E-state index in [9.17, 15) is 14.9 Å². The van der Waals surface area contributed by atoms with E-state index < -0.39 is 5.92 Å². The molecular formula is C23H18Cl2N2O2S. The zero-order chi connectivity index (χ0) is 21.8. The van der Waals surface area contributed by atoms with Crippen LogP contribution in [0.1, 0.15) is 35.7 Å². The monoisotopic (exact) mass is 456 g/mol. The zero-order valence-electron chi connectivity index (χ0n) is 16.3. The lowest BCUT2D eigenvalue weighted by atomic mass is 9.81. The summed E-state index contributed by atoms with van der Waals surface area (Å²) in [5.41, 5.74) is 2.81. The smallest absolute Gasteiger partial charge is 0.174 e. The van der Waals surface area contributed by atoms with Crippen LogP contribution in [0, 0.1) is 11.3 Å². The van der Waals surface area contributed by atoms with Gasteiger partial charge in [-0.05, 0) is 43.7 Å². The number of carbonyl (C=O) groups excluding carboxylic acids is 2. The molecule has 0 bridgehead atoms. The van der Waals surface area contributed by atoms with E-state index in [1.165, 1.54) is 18.7 Å². The molecular weight excluding hydrogens is 439 g/mol. The second-order valence-electron chi connectivity index (χ2n) is 6.75. The average Bonchev–Trinajstić information content (AvgIpc) is 2.72. The van der Waals surface area contributed by atoms with Gasteiger partial charge < -0.3 is 5.32 Å². The summed E-state index contributed by atoms with van der Waals surface area (Å²) < 4.78 is 0. The molecule has 1 heterocycles. The number of ketones is 2. The van der Waals surface area contributed by atoms with Crippen molar-refractivity contribution in [1.82, 2.24) is 5.32 Å². The number of nitrogens with one attached hydrogen (secondary N) is 1.